The molecule has 6 heteroatoms. The lowest BCUT2D eigenvalue weighted by molar-refractivity contribution is 0.374. The molecule has 3 rings (SSSR count). The van der Waals surface area contributed by atoms with Gasteiger partial charge in [-0.2, -0.15) is 4.98 Å². The van der Waals surface area contributed by atoms with E-state index < -0.39 is 0 Å². The summed E-state index contributed by atoms with van der Waals surface area (Å²) in [7, 11) is 0. The van der Waals surface area contributed by atoms with E-state index in [2.05, 4.69) is 20.1 Å². The predicted molar refractivity (Wildman–Crippen MR) is 61.4 cm³/mol. The molecule has 0 aromatic carbocycles. The van der Waals surface area contributed by atoms with Crippen LogP contribution in [-0.2, 0) is 12.8 Å². The Hall–Kier alpha value is -2.50. The zero-order valence-electron chi connectivity index (χ0n) is 9.48. The second kappa shape index (κ2) is 4.79. The van der Waals surface area contributed by atoms with Gasteiger partial charge < -0.3 is 8.94 Å². The topological polar surface area (TPSA) is 77.8 Å². The second-order valence-electron chi connectivity index (χ2n) is 3.68. The highest BCUT2D eigenvalue weighted by atomic mass is 16.5. The van der Waals surface area contributed by atoms with Crippen molar-refractivity contribution in [1.82, 2.24) is 20.1 Å². The van der Waals surface area contributed by atoms with E-state index in [9.17, 15) is 0 Å². The van der Waals surface area contributed by atoms with Gasteiger partial charge in [-0.25, -0.2) is 4.98 Å². The van der Waals surface area contributed by atoms with Crippen LogP contribution in [0, 0.1) is 0 Å². The van der Waals surface area contributed by atoms with Crippen molar-refractivity contribution in [3.05, 3.63) is 48.6 Å². The van der Waals surface area contributed by atoms with E-state index in [4.69, 9.17) is 8.94 Å². The number of nitrogens with zero attached hydrogens (tertiary/aromatic N) is 4. The molecule has 6 nitrogen and oxygen atoms in total. The summed E-state index contributed by atoms with van der Waals surface area (Å²) in [5.41, 5.74) is 0.602. The highest BCUT2D eigenvalue weighted by Crippen LogP contribution is 2.12. The average Bonchev–Trinajstić information content (AvgIpc) is 3.09. The van der Waals surface area contributed by atoms with Crippen LogP contribution in [0.25, 0.3) is 11.5 Å². The van der Waals surface area contributed by atoms with Crippen molar-refractivity contribution >= 4 is 0 Å². The number of aryl methyl sites for hydroxylation is 2. The number of hydrogen-bond acceptors (Lipinski definition) is 6. The summed E-state index contributed by atoms with van der Waals surface area (Å²) < 4.78 is 10.4. The Labute approximate surface area is 103 Å². The minimum atomic E-state index is 0.456. The van der Waals surface area contributed by atoms with Gasteiger partial charge in [0.05, 0.1) is 12.5 Å². The largest absolute Gasteiger partial charge is 0.469 e. The lowest BCUT2D eigenvalue weighted by atomic mass is 10.2. The molecule has 0 unspecified atom stereocenters. The molecule has 90 valence electrons. The lowest BCUT2D eigenvalue weighted by Crippen LogP contribution is -1.90. The van der Waals surface area contributed by atoms with Crippen molar-refractivity contribution in [2.75, 3.05) is 0 Å². The molecule has 0 saturated carbocycles. The Balaban J connectivity index is 1.70. The second-order valence-corrected chi connectivity index (χ2v) is 3.68. The van der Waals surface area contributed by atoms with E-state index in [1.54, 1.807) is 24.9 Å². The molecule has 0 N–H and O–H groups in total. The van der Waals surface area contributed by atoms with Crippen LogP contribution in [0.5, 0.6) is 0 Å². The Morgan fingerprint density at radius 2 is 2.17 bits per heavy atom. The molecule has 0 atom stereocenters. The van der Waals surface area contributed by atoms with E-state index in [1.165, 1.54) is 0 Å². The molecule has 0 aliphatic rings. The van der Waals surface area contributed by atoms with Crippen molar-refractivity contribution < 1.29 is 8.94 Å². The predicted octanol–water partition coefficient (Wildman–Crippen LogP) is 1.90. The summed E-state index contributed by atoms with van der Waals surface area (Å²) in [5.74, 6) is 1.92. The van der Waals surface area contributed by atoms with Crippen LogP contribution in [0.15, 0.2) is 45.9 Å². The van der Waals surface area contributed by atoms with Crippen molar-refractivity contribution in [3.63, 3.8) is 0 Å². The molecule has 0 aliphatic carbocycles. The van der Waals surface area contributed by atoms with E-state index in [-0.39, 0.29) is 0 Å². The molecule has 0 radical (unpaired) electrons. The van der Waals surface area contributed by atoms with E-state index in [0.717, 1.165) is 12.2 Å². The summed E-state index contributed by atoms with van der Waals surface area (Å²) >= 11 is 0. The molecule has 3 aromatic rings. The Morgan fingerprint density at radius 3 is 2.94 bits per heavy atom. The maximum atomic E-state index is 5.23. The normalized spacial score (nSPS) is 10.7. The highest BCUT2D eigenvalue weighted by Gasteiger charge is 2.10. The third-order valence-corrected chi connectivity index (χ3v) is 2.43. The Morgan fingerprint density at radius 1 is 1.17 bits per heavy atom. The maximum Gasteiger partial charge on any atom is 0.227 e. The third kappa shape index (κ3) is 2.27. The molecule has 3 aromatic heterocycles. The minimum Gasteiger partial charge on any atom is -0.469 e. The van der Waals surface area contributed by atoms with Crippen LogP contribution in [0.3, 0.4) is 0 Å². The van der Waals surface area contributed by atoms with Gasteiger partial charge in [0.2, 0.25) is 11.7 Å². The van der Waals surface area contributed by atoms with Crippen LogP contribution in [0.4, 0.5) is 0 Å². The summed E-state index contributed by atoms with van der Waals surface area (Å²) in [6.45, 7) is 0. The fourth-order valence-electron chi connectivity index (χ4n) is 1.56. The van der Waals surface area contributed by atoms with E-state index in [0.29, 0.717) is 23.8 Å². The van der Waals surface area contributed by atoms with Crippen LogP contribution in [0.1, 0.15) is 11.7 Å². The summed E-state index contributed by atoms with van der Waals surface area (Å²) in [4.78, 5) is 12.3. The molecule has 0 spiro atoms. The van der Waals surface area contributed by atoms with Gasteiger partial charge in [-0.05, 0) is 12.1 Å². The molecule has 0 amide bonds. The fourth-order valence-corrected chi connectivity index (χ4v) is 1.56. The monoisotopic (exact) mass is 242 g/mol. The number of furan rings is 1. The Kier molecular flexibility index (Phi) is 2.83. The van der Waals surface area contributed by atoms with Crippen LogP contribution in [0.2, 0.25) is 0 Å². The molecule has 18 heavy (non-hydrogen) atoms. The summed E-state index contributed by atoms with van der Waals surface area (Å²) in [6, 6.07) is 3.77. The molecule has 3 heterocycles. The minimum absolute atomic E-state index is 0.456. The summed E-state index contributed by atoms with van der Waals surface area (Å²) in [6.07, 6.45) is 7.81. The van der Waals surface area contributed by atoms with Gasteiger partial charge >= 0.3 is 0 Å². The van der Waals surface area contributed by atoms with Crippen molar-refractivity contribution in [2.24, 2.45) is 0 Å². The first-order chi connectivity index (χ1) is 8.92. The zero-order chi connectivity index (χ0) is 12.2. The molecule has 0 fully saturated rings. The van der Waals surface area contributed by atoms with Gasteiger partial charge in [0, 0.05) is 25.2 Å². The van der Waals surface area contributed by atoms with Gasteiger partial charge in [0.25, 0.3) is 0 Å². The van der Waals surface area contributed by atoms with Gasteiger partial charge in [-0.3, -0.25) is 4.98 Å². The SMILES string of the molecule is c1coc(CCc2nc(-c3cnccn3)no2)c1. The number of aromatic nitrogens is 4. The van der Waals surface area contributed by atoms with Crippen LogP contribution >= 0.6 is 0 Å². The van der Waals surface area contributed by atoms with E-state index >= 15 is 0 Å². The Bertz CT molecular complexity index is 604. The smallest absolute Gasteiger partial charge is 0.227 e. The highest BCUT2D eigenvalue weighted by molar-refractivity contribution is 5.45. The third-order valence-electron chi connectivity index (χ3n) is 2.43. The van der Waals surface area contributed by atoms with Crippen molar-refractivity contribution in [3.8, 4) is 11.5 Å². The first-order valence-corrected chi connectivity index (χ1v) is 5.53. The van der Waals surface area contributed by atoms with Crippen molar-refractivity contribution in [1.29, 1.82) is 0 Å². The average molecular weight is 242 g/mol. The van der Waals surface area contributed by atoms with Gasteiger partial charge in [-0.15, -0.1) is 0 Å². The standard InChI is InChI=1S/C12H10N4O2/c1-2-9(17-7-1)3-4-11-15-12(16-18-11)10-8-13-5-6-14-10/h1-2,5-8H,3-4H2. The lowest BCUT2D eigenvalue weighted by Gasteiger charge is -1.91. The van der Waals surface area contributed by atoms with Gasteiger partial charge in [0.15, 0.2) is 0 Å². The first-order valence-electron chi connectivity index (χ1n) is 5.53. The first kappa shape index (κ1) is 10.6. The molecule has 0 aliphatic heterocycles. The van der Waals surface area contributed by atoms with Crippen LogP contribution < -0.4 is 0 Å². The molecular weight excluding hydrogens is 232 g/mol. The quantitative estimate of drug-likeness (QED) is 0.695. The van der Waals surface area contributed by atoms with E-state index in [1.807, 2.05) is 12.1 Å². The van der Waals surface area contributed by atoms with Crippen molar-refractivity contribution in [2.45, 2.75) is 12.8 Å². The maximum absolute atomic E-state index is 5.23. The fraction of sp³-hybridized carbons (Fsp3) is 0.167. The zero-order valence-corrected chi connectivity index (χ0v) is 9.48. The molecule has 0 bridgehead atoms. The summed E-state index contributed by atoms with van der Waals surface area (Å²) in [5, 5.41) is 3.87. The number of rotatable bonds is 4. The number of hydrogen-bond donors (Lipinski definition) is 0. The molecule has 0 saturated heterocycles. The molecular formula is C12H10N4O2. The van der Waals surface area contributed by atoms with Crippen LogP contribution in [-0.4, -0.2) is 20.1 Å². The van der Waals surface area contributed by atoms with Gasteiger partial charge in [0.1, 0.15) is 11.5 Å². The van der Waals surface area contributed by atoms with Gasteiger partial charge in [-0.1, -0.05) is 5.16 Å².